The van der Waals surface area contributed by atoms with E-state index in [9.17, 15) is 24.6 Å². The second-order valence-electron chi connectivity index (χ2n) is 2.96. The second kappa shape index (κ2) is 16.3. The van der Waals surface area contributed by atoms with Gasteiger partial charge in [0.1, 0.15) is 6.04 Å². The Morgan fingerprint density at radius 3 is 1.63 bits per heavy atom. The zero-order valence-electron chi connectivity index (χ0n) is 10.9. The quantitative estimate of drug-likeness (QED) is 0.344. The first-order valence-corrected chi connectivity index (χ1v) is 4.47. The molecule has 0 amide bonds. The fourth-order valence-electron chi connectivity index (χ4n) is 0.469. The van der Waals surface area contributed by atoms with Gasteiger partial charge in [-0.25, -0.2) is 0 Å². The molecule has 0 fully saturated rings. The molecule has 0 bridgehead atoms. The molecule has 0 aromatic rings. The summed E-state index contributed by atoms with van der Waals surface area (Å²) in [6, 6.07) is -2.34. The molecule has 0 spiro atoms. The third-order valence-electron chi connectivity index (χ3n) is 1.48. The molecule has 0 rings (SSSR count). The van der Waals surface area contributed by atoms with Crippen LogP contribution in [0.1, 0.15) is 12.8 Å². The van der Waals surface area contributed by atoms with E-state index in [0.717, 1.165) is 0 Å². The summed E-state index contributed by atoms with van der Waals surface area (Å²) in [6.07, 6.45) is -0.500. The van der Waals surface area contributed by atoms with Crippen LogP contribution in [0, 0.1) is 0 Å². The van der Waals surface area contributed by atoms with Crippen molar-refractivity contribution in [2.24, 2.45) is 11.5 Å². The summed E-state index contributed by atoms with van der Waals surface area (Å²) in [4.78, 5) is 29.3. The Labute approximate surface area is 153 Å². The van der Waals surface area contributed by atoms with E-state index in [0.29, 0.717) is 0 Å². The Kier molecular flexibility index (Phi) is 23.7. The van der Waals surface area contributed by atoms with E-state index in [4.69, 9.17) is 21.7 Å². The standard InChI is InChI=1S/C5H9NO4.C3H7NO3.2Na/c6-3(5(9)10)1-2-4(7)8;4-2(1-5)3(6)7;;/h3H,1-2,6H2,(H,7,8)(H,9,10);2,5H,1,4H2,(H,6,7);;/q;;2*+1/p-2. The van der Waals surface area contributed by atoms with Crippen LogP contribution < -0.4 is 80.8 Å². The van der Waals surface area contributed by atoms with Gasteiger partial charge in [-0.2, -0.15) is 0 Å². The normalized spacial score (nSPS) is 11.5. The number of hydrogen-bond donors (Lipinski definition) is 4. The Hall–Kier alpha value is 0.290. The van der Waals surface area contributed by atoms with Crippen LogP contribution >= 0.6 is 0 Å². The SMILES string of the molecule is NC(CCC(=O)[O-])C(=O)[O-].NC(CO)C(=O)O.[Na+].[Na+]. The van der Waals surface area contributed by atoms with Crippen molar-refractivity contribution in [3.05, 3.63) is 0 Å². The number of aliphatic hydroxyl groups is 1. The molecule has 0 aliphatic rings. The monoisotopic (exact) mass is 296 g/mol. The summed E-state index contributed by atoms with van der Waals surface area (Å²) < 4.78 is 0. The van der Waals surface area contributed by atoms with Crippen molar-refractivity contribution in [2.75, 3.05) is 6.61 Å². The molecule has 0 saturated heterocycles. The smallest absolute Gasteiger partial charge is 0.550 e. The number of aliphatic hydroxyl groups excluding tert-OH is 1. The van der Waals surface area contributed by atoms with Gasteiger partial charge in [0.05, 0.1) is 12.6 Å². The number of carbonyl (C=O) groups is 3. The maximum atomic E-state index is 9.86. The summed E-state index contributed by atoms with van der Waals surface area (Å²) in [5.74, 6) is -3.93. The summed E-state index contributed by atoms with van der Waals surface area (Å²) in [6.45, 7) is -0.505. The van der Waals surface area contributed by atoms with E-state index in [2.05, 4.69) is 0 Å². The molecular formula is C8H14N2Na2O7. The van der Waals surface area contributed by atoms with E-state index in [1.165, 1.54) is 0 Å². The third-order valence-corrected chi connectivity index (χ3v) is 1.48. The van der Waals surface area contributed by atoms with E-state index in [1.807, 2.05) is 0 Å². The molecule has 100 valence electrons. The predicted octanol–water partition coefficient (Wildman–Crippen LogP) is -11.0. The van der Waals surface area contributed by atoms with E-state index in [1.54, 1.807) is 0 Å². The van der Waals surface area contributed by atoms with Crippen molar-refractivity contribution in [2.45, 2.75) is 24.9 Å². The third kappa shape index (κ3) is 20.8. The minimum absolute atomic E-state index is 0. The molecular weight excluding hydrogens is 282 g/mol. The average Bonchev–Trinajstić information content (AvgIpc) is 2.24. The average molecular weight is 296 g/mol. The number of carboxylic acids is 3. The number of rotatable bonds is 6. The van der Waals surface area contributed by atoms with Crippen molar-refractivity contribution < 1.29 is 93.9 Å². The number of hydrogen-bond acceptors (Lipinski definition) is 8. The molecule has 6 N–H and O–H groups in total. The Morgan fingerprint density at radius 2 is 1.47 bits per heavy atom. The topological polar surface area (TPSA) is 190 Å². The van der Waals surface area contributed by atoms with Gasteiger partial charge in [-0.05, 0) is 12.8 Å². The predicted molar refractivity (Wildman–Crippen MR) is 49.9 cm³/mol. The fraction of sp³-hybridized carbons (Fsp3) is 0.625. The van der Waals surface area contributed by atoms with Gasteiger partial charge in [-0.1, -0.05) is 0 Å². The van der Waals surface area contributed by atoms with Crippen LogP contribution in [0.25, 0.3) is 0 Å². The van der Waals surface area contributed by atoms with Crippen LogP contribution in [0.3, 0.4) is 0 Å². The molecule has 0 aromatic carbocycles. The van der Waals surface area contributed by atoms with Gasteiger partial charge in [0.25, 0.3) is 0 Å². The van der Waals surface area contributed by atoms with E-state index in [-0.39, 0.29) is 72.0 Å². The minimum Gasteiger partial charge on any atom is -0.550 e. The van der Waals surface area contributed by atoms with Gasteiger partial charge >= 0.3 is 65.1 Å². The first-order chi connectivity index (χ1) is 7.72. The minimum atomic E-state index is -1.44. The van der Waals surface area contributed by atoms with Crippen LogP contribution in [0.2, 0.25) is 0 Å². The fourth-order valence-corrected chi connectivity index (χ4v) is 0.469. The zero-order valence-corrected chi connectivity index (χ0v) is 14.9. The van der Waals surface area contributed by atoms with Crippen LogP contribution in [-0.2, 0) is 14.4 Å². The number of carboxylic acid groups (broad SMARTS) is 3. The molecule has 0 heterocycles. The first kappa shape index (κ1) is 27.6. The summed E-state index contributed by atoms with van der Waals surface area (Å²) in [5, 5.41) is 35.5. The summed E-state index contributed by atoms with van der Waals surface area (Å²) >= 11 is 0. The van der Waals surface area contributed by atoms with Gasteiger partial charge in [0, 0.05) is 12.0 Å². The zero-order chi connectivity index (χ0) is 14.0. The summed E-state index contributed by atoms with van der Waals surface area (Å²) in [5.41, 5.74) is 9.68. The molecule has 0 aromatic heterocycles. The Morgan fingerprint density at radius 1 is 1.05 bits per heavy atom. The van der Waals surface area contributed by atoms with Gasteiger partial charge in [0.2, 0.25) is 0 Å². The van der Waals surface area contributed by atoms with E-state index >= 15 is 0 Å². The van der Waals surface area contributed by atoms with Crippen molar-refractivity contribution in [1.82, 2.24) is 0 Å². The van der Waals surface area contributed by atoms with Crippen LogP contribution in [0.4, 0.5) is 0 Å². The van der Waals surface area contributed by atoms with Gasteiger partial charge < -0.3 is 41.5 Å². The van der Waals surface area contributed by atoms with Gasteiger partial charge in [-0.3, -0.25) is 4.79 Å². The molecule has 0 radical (unpaired) electrons. The molecule has 2 atom stereocenters. The van der Waals surface area contributed by atoms with Crippen LogP contribution in [0.5, 0.6) is 0 Å². The molecule has 11 heteroatoms. The van der Waals surface area contributed by atoms with Crippen molar-refractivity contribution in [3.8, 4) is 0 Å². The molecule has 0 aliphatic carbocycles. The molecule has 19 heavy (non-hydrogen) atoms. The van der Waals surface area contributed by atoms with Crippen molar-refractivity contribution in [3.63, 3.8) is 0 Å². The molecule has 0 saturated carbocycles. The number of carbonyl (C=O) groups excluding carboxylic acids is 2. The first-order valence-electron chi connectivity index (χ1n) is 4.47. The maximum absolute atomic E-state index is 9.86. The molecule has 2 unspecified atom stereocenters. The van der Waals surface area contributed by atoms with Crippen molar-refractivity contribution in [1.29, 1.82) is 0 Å². The number of nitrogens with two attached hydrogens (primary N) is 2. The van der Waals surface area contributed by atoms with Crippen LogP contribution in [0.15, 0.2) is 0 Å². The van der Waals surface area contributed by atoms with E-state index < -0.39 is 36.6 Å². The Bertz CT molecular complexity index is 278. The van der Waals surface area contributed by atoms with Gasteiger partial charge in [0.15, 0.2) is 0 Å². The van der Waals surface area contributed by atoms with Gasteiger partial charge in [-0.15, -0.1) is 0 Å². The number of aliphatic carboxylic acids is 3. The second-order valence-corrected chi connectivity index (χ2v) is 2.96. The Balaban J connectivity index is -0.000000112. The maximum Gasteiger partial charge on any atom is 1.00 e. The largest absolute Gasteiger partial charge is 1.00 e. The van der Waals surface area contributed by atoms with Crippen LogP contribution in [-0.4, -0.2) is 46.8 Å². The van der Waals surface area contributed by atoms with Crippen molar-refractivity contribution >= 4 is 17.9 Å². The molecule has 9 nitrogen and oxygen atoms in total. The molecule has 0 aliphatic heterocycles. The summed E-state index contributed by atoms with van der Waals surface area (Å²) in [7, 11) is 0.